The first-order chi connectivity index (χ1) is 17.2. The van der Waals surface area contributed by atoms with Gasteiger partial charge in [0.15, 0.2) is 11.6 Å². The van der Waals surface area contributed by atoms with Crippen LogP contribution in [0.2, 0.25) is 0 Å². The quantitative estimate of drug-likeness (QED) is 0.382. The SMILES string of the molecule is CCCN1C(=O)C2CC=C3C(c4c(O)cc(OC)cc4OC)C4=C(CC3C2C1=O)C(=O)C(C)=CC4=O. The molecule has 1 aliphatic heterocycles. The van der Waals surface area contributed by atoms with Gasteiger partial charge in [0.1, 0.15) is 17.2 Å². The van der Waals surface area contributed by atoms with Crippen molar-refractivity contribution in [1.29, 1.82) is 0 Å². The number of hydrogen-bond donors (Lipinski definition) is 1. The van der Waals surface area contributed by atoms with Gasteiger partial charge in [0.25, 0.3) is 0 Å². The smallest absolute Gasteiger partial charge is 0.233 e. The van der Waals surface area contributed by atoms with Crippen LogP contribution >= 0.6 is 0 Å². The molecular formula is C28H29NO7. The van der Waals surface area contributed by atoms with Crippen molar-refractivity contribution in [1.82, 2.24) is 4.90 Å². The molecule has 0 radical (unpaired) electrons. The molecule has 0 spiro atoms. The van der Waals surface area contributed by atoms with Gasteiger partial charge < -0.3 is 14.6 Å². The first-order valence-electron chi connectivity index (χ1n) is 12.2. The largest absolute Gasteiger partial charge is 0.507 e. The molecule has 1 aromatic carbocycles. The fourth-order valence-corrected chi connectivity index (χ4v) is 6.39. The summed E-state index contributed by atoms with van der Waals surface area (Å²) in [6.07, 6.45) is 4.48. The van der Waals surface area contributed by atoms with E-state index in [2.05, 4.69) is 0 Å². The van der Waals surface area contributed by atoms with Gasteiger partial charge in [-0.05, 0) is 38.2 Å². The van der Waals surface area contributed by atoms with Crippen LogP contribution in [0, 0.1) is 17.8 Å². The number of fused-ring (bicyclic) bond motifs is 3. The molecule has 1 saturated heterocycles. The van der Waals surface area contributed by atoms with Gasteiger partial charge in [-0.3, -0.25) is 24.1 Å². The van der Waals surface area contributed by atoms with E-state index < -0.39 is 23.7 Å². The lowest BCUT2D eigenvalue weighted by molar-refractivity contribution is -0.140. The van der Waals surface area contributed by atoms with E-state index in [1.54, 1.807) is 13.0 Å². The fourth-order valence-electron chi connectivity index (χ4n) is 6.39. The molecule has 8 heteroatoms. The summed E-state index contributed by atoms with van der Waals surface area (Å²) in [5.74, 6) is -2.73. The van der Waals surface area contributed by atoms with E-state index >= 15 is 0 Å². The summed E-state index contributed by atoms with van der Waals surface area (Å²) in [4.78, 5) is 54.6. The first kappa shape index (κ1) is 24.0. The second-order valence-corrected chi connectivity index (χ2v) is 9.82. The standard InChI is InChI=1S/C28H29NO7/c1-5-8-29-27(33)16-7-6-15-17(22(16)28(29)34)12-18-23(19(30)9-13(2)26(18)32)24(15)25-20(31)10-14(35-3)11-21(25)36-4/h6,9-11,16-17,22,24,31H,5,7-8,12H2,1-4H3. The Balaban J connectivity index is 1.73. The van der Waals surface area contributed by atoms with Crippen LogP contribution in [0.3, 0.4) is 0 Å². The number of hydrogen-bond acceptors (Lipinski definition) is 7. The number of carbonyl (C=O) groups is 4. The topological polar surface area (TPSA) is 110 Å². The number of Topliss-reactive ketones (excluding diaryl/α,β-unsaturated/α-hetero) is 1. The number of phenolic OH excluding ortho intramolecular Hbond substituents is 1. The van der Waals surface area contributed by atoms with Gasteiger partial charge in [-0.2, -0.15) is 0 Å². The van der Waals surface area contributed by atoms with Crippen molar-refractivity contribution in [2.75, 3.05) is 20.8 Å². The average molecular weight is 492 g/mol. The van der Waals surface area contributed by atoms with Crippen LogP contribution < -0.4 is 9.47 Å². The summed E-state index contributed by atoms with van der Waals surface area (Å²) in [6.45, 7) is 3.88. The Hall–Kier alpha value is -3.68. The number of phenols is 1. The third-order valence-corrected chi connectivity index (χ3v) is 7.94. The van der Waals surface area contributed by atoms with Crippen molar-refractivity contribution in [3.8, 4) is 17.2 Å². The van der Waals surface area contributed by atoms with E-state index in [1.165, 1.54) is 31.3 Å². The molecule has 1 aromatic rings. The van der Waals surface area contributed by atoms with Gasteiger partial charge in [0, 0.05) is 46.9 Å². The molecule has 5 rings (SSSR count). The molecule has 4 aliphatic rings. The maximum Gasteiger partial charge on any atom is 0.233 e. The number of carbonyl (C=O) groups excluding carboxylic acids is 4. The first-order valence-corrected chi connectivity index (χ1v) is 12.2. The number of benzene rings is 1. The number of imide groups is 1. The molecule has 0 bridgehead atoms. The van der Waals surface area contributed by atoms with Gasteiger partial charge in [-0.1, -0.05) is 18.6 Å². The van der Waals surface area contributed by atoms with Gasteiger partial charge in [0.2, 0.25) is 11.8 Å². The van der Waals surface area contributed by atoms with Crippen LogP contribution in [0.5, 0.6) is 17.2 Å². The van der Waals surface area contributed by atoms with Gasteiger partial charge in [-0.15, -0.1) is 0 Å². The maximum atomic E-state index is 13.5. The predicted octanol–water partition coefficient (Wildman–Crippen LogP) is 3.25. The van der Waals surface area contributed by atoms with Crippen LogP contribution in [0.15, 0.2) is 46.6 Å². The third-order valence-electron chi connectivity index (χ3n) is 7.94. The number of allylic oxidation sites excluding steroid dienone is 6. The summed E-state index contributed by atoms with van der Waals surface area (Å²) < 4.78 is 10.9. The maximum absolute atomic E-state index is 13.5. The van der Waals surface area contributed by atoms with E-state index in [0.29, 0.717) is 53.2 Å². The molecule has 0 saturated carbocycles. The van der Waals surface area contributed by atoms with Crippen molar-refractivity contribution in [2.24, 2.45) is 17.8 Å². The molecule has 1 N–H and O–H groups in total. The van der Waals surface area contributed by atoms with Gasteiger partial charge in [-0.25, -0.2) is 0 Å². The average Bonchev–Trinajstić information content (AvgIpc) is 3.11. The Labute approximate surface area is 209 Å². The summed E-state index contributed by atoms with van der Waals surface area (Å²) in [7, 11) is 2.93. The Morgan fingerprint density at radius 2 is 1.81 bits per heavy atom. The lowest BCUT2D eigenvalue weighted by atomic mass is 9.59. The number of ketones is 2. The number of likely N-dealkylation sites (tertiary alicyclic amines) is 1. The van der Waals surface area contributed by atoms with Crippen LogP contribution in [0.4, 0.5) is 0 Å². The van der Waals surface area contributed by atoms with E-state index in [0.717, 1.165) is 5.57 Å². The third kappa shape index (κ3) is 3.34. The number of aromatic hydroxyl groups is 1. The molecule has 3 aliphatic carbocycles. The number of rotatable bonds is 5. The van der Waals surface area contributed by atoms with Crippen molar-refractivity contribution in [2.45, 2.75) is 39.0 Å². The van der Waals surface area contributed by atoms with Crippen LogP contribution in [0.25, 0.3) is 0 Å². The van der Waals surface area contributed by atoms with E-state index in [9.17, 15) is 24.3 Å². The second-order valence-electron chi connectivity index (χ2n) is 9.82. The molecule has 2 amide bonds. The Morgan fingerprint density at radius 3 is 2.47 bits per heavy atom. The van der Waals surface area contributed by atoms with E-state index in [4.69, 9.17) is 9.47 Å². The van der Waals surface area contributed by atoms with Crippen molar-refractivity contribution >= 4 is 23.4 Å². The predicted molar refractivity (Wildman–Crippen MR) is 130 cm³/mol. The monoisotopic (exact) mass is 491 g/mol. The summed E-state index contributed by atoms with van der Waals surface area (Å²) in [5, 5.41) is 11.1. The summed E-state index contributed by atoms with van der Waals surface area (Å²) in [5.41, 5.74) is 2.09. The van der Waals surface area contributed by atoms with Crippen LogP contribution in [-0.2, 0) is 19.2 Å². The molecule has 1 fully saturated rings. The molecule has 4 atom stereocenters. The zero-order valence-electron chi connectivity index (χ0n) is 20.8. The minimum atomic E-state index is -0.788. The molecule has 1 heterocycles. The van der Waals surface area contributed by atoms with Crippen molar-refractivity contribution < 1.29 is 33.8 Å². The summed E-state index contributed by atoms with van der Waals surface area (Å²) in [6, 6.07) is 3.06. The number of amides is 2. The molecular weight excluding hydrogens is 462 g/mol. The van der Waals surface area contributed by atoms with E-state index in [-0.39, 0.29) is 35.6 Å². The number of ether oxygens (including phenoxy) is 2. The highest BCUT2D eigenvalue weighted by atomic mass is 16.5. The van der Waals surface area contributed by atoms with Gasteiger partial charge in [0.05, 0.1) is 26.1 Å². The molecule has 188 valence electrons. The highest BCUT2D eigenvalue weighted by Gasteiger charge is 2.56. The van der Waals surface area contributed by atoms with Crippen molar-refractivity contribution in [3.63, 3.8) is 0 Å². The molecule has 4 unspecified atom stereocenters. The zero-order valence-corrected chi connectivity index (χ0v) is 20.8. The lowest BCUT2D eigenvalue weighted by Gasteiger charge is -2.42. The summed E-state index contributed by atoms with van der Waals surface area (Å²) >= 11 is 0. The normalized spacial score (nSPS) is 27.4. The fraction of sp³-hybridized carbons (Fsp3) is 0.429. The van der Waals surface area contributed by atoms with Crippen LogP contribution in [-0.4, -0.2) is 54.2 Å². The lowest BCUT2D eigenvalue weighted by Crippen LogP contribution is -2.40. The number of nitrogens with zero attached hydrogens (tertiary/aromatic N) is 1. The molecule has 8 nitrogen and oxygen atoms in total. The Bertz CT molecular complexity index is 1300. The Morgan fingerprint density at radius 1 is 1.06 bits per heavy atom. The zero-order chi connectivity index (χ0) is 25.9. The second kappa shape index (κ2) is 8.76. The Kier molecular flexibility index (Phi) is 5.85. The molecule has 0 aromatic heterocycles. The van der Waals surface area contributed by atoms with Gasteiger partial charge >= 0.3 is 0 Å². The van der Waals surface area contributed by atoms with Crippen LogP contribution in [0.1, 0.15) is 44.6 Å². The molecule has 36 heavy (non-hydrogen) atoms. The minimum Gasteiger partial charge on any atom is -0.507 e. The highest BCUT2D eigenvalue weighted by molar-refractivity contribution is 6.23. The highest BCUT2D eigenvalue weighted by Crippen LogP contribution is 2.57. The minimum absolute atomic E-state index is 0.139. The van der Waals surface area contributed by atoms with E-state index in [1.807, 2.05) is 13.0 Å². The van der Waals surface area contributed by atoms with Crippen molar-refractivity contribution in [3.05, 3.63) is 52.1 Å². The number of methoxy groups -OCH3 is 2.